The molecule has 176 valence electrons. The van der Waals surface area contributed by atoms with Crippen LogP contribution in [-0.4, -0.2) is 28.1 Å². The van der Waals surface area contributed by atoms with Crippen LogP contribution in [0, 0.1) is 10.1 Å². The van der Waals surface area contributed by atoms with E-state index in [4.69, 9.17) is 5.84 Å². The number of nitrogens with one attached hydrogen (secondary N) is 3. The average molecular weight is 482 g/mol. The van der Waals surface area contributed by atoms with E-state index in [1.165, 1.54) is 25.4 Å². The second-order valence-electron chi connectivity index (χ2n) is 7.17. The molecule has 1 heterocycles. The van der Waals surface area contributed by atoms with Crippen LogP contribution in [0.15, 0.2) is 53.5 Å². The highest BCUT2D eigenvalue weighted by atomic mass is 32.1. The zero-order valence-corrected chi connectivity index (χ0v) is 19.1. The minimum atomic E-state index is -0.479. The molecule has 11 nitrogen and oxygen atoms in total. The zero-order chi connectivity index (χ0) is 24.5. The van der Waals surface area contributed by atoms with Gasteiger partial charge in [0.1, 0.15) is 11.2 Å². The molecule has 0 bridgehead atoms. The molecule has 0 aliphatic carbocycles. The largest absolute Gasteiger partial charge is 0.347 e. The van der Waals surface area contributed by atoms with Crippen LogP contribution in [0.4, 0.5) is 16.5 Å². The first-order valence-electron chi connectivity index (χ1n) is 10.2. The number of anilines is 1. The summed E-state index contributed by atoms with van der Waals surface area (Å²) in [7, 11) is 0. The third kappa shape index (κ3) is 6.92. The molecule has 0 fully saturated rings. The number of thiazole rings is 1. The van der Waals surface area contributed by atoms with Gasteiger partial charge in [-0.1, -0.05) is 35.6 Å². The maximum absolute atomic E-state index is 12.9. The van der Waals surface area contributed by atoms with E-state index in [0.29, 0.717) is 28.5 Å². The number of nitrogens with two attached hydrogens (primary N) is 1. The number of non-ortho nitro benzene ring substituents is 1. The highest BCUT2D eigenvalue weighted by Gasteiger charge is 2.19. The Hall–Kier alpha value is -4.16. The Balaban J connectivity index is 1.69. The number of carbonyl (C=O) groups excluding carboxylic acids is 2. The number of hydrazine groups is 1. The van der Waals surface area contributed by atoms with Crippen molar-refractivity contribution in [1.29, 1.82) is 0 Å². The van der Waals surface area contributed by atoms with E-state index in [1.807, 2.05) is 24.3 Å². The summed E-state index contributed by atoms with van der Waals surface area (Å²) in [5, 5.41) is 16.6. The quantitative estimate of drug-likeness (QED) is 0.114. The minimum absolute atomic E-state index is 0.0179. The molecule has 0 aliphatic heterocycles. The standard InChI is InChI=1S/C22H23N7O4S/c1-14(30)27-22-28-19(11-6-15-2-7-17(8-3-15)25-13-26-23)20(34-22)21(31)24-12-16-4-9-18(10-5-16)29(32)33/h2-5,7-10,13H,6,11-12,23H2,1H3,(H,24,31)(H,25,26)(H,27,28,30). The van der Waals surface area contributed by atoms with E-state index in [9.17, 15) is 19.7 Å². The highest BCUT2D eigenvalue weighted by molar-refractivity contribution is 7.17. The number of amides is 2. The molecule has 5 N–H and O–H groups in total. The molecule has 0 saturated carbocycles. The van der Waals surface area contributed by atoms with Crippen molar-refractivity contribution < 1.29 is 14.5 Å². The van der Waals surface area contributed by atoms with Gasteiger partial charge in [0.15, 0.2) is 5.13 Å². The van der Waals surface area contributed by atoms with Gasteiger partial charge in [-0.15, -0.1) is 0 Å². The van der Waals surface area contributed by atoms with Crippen LogP contribution in [0.3, 0.4) is 0 Å². The Morgan fingerprint density at radius 2 is 1.79 bits per heavy atom. The first-order chi connectivity index (χ1) is 16.4. The number of hydrogen-bond acceptors (Lipinski definition) is 8. The van der Waals surface area contributed by atoms with Crippen molar-refractivity contribution in [3.05, 3.63) is 80.3 Å². The van der Waals surface area contributed by atoms with Gasteiger partial charge in [-0.2, -0.15) is 0 Å². The average Bonchev–Trinajstić information content (AvgIpc) is 3.22. The third-order valence-electron chi connectivity index (χ3n) is 4.66. The minimum Gasteiger partial charge on any atom is -0.347 e. The van der Waals surface area contributed by atoms with Crippen LogP contribution < -0.4 is 21.9 Å². The summed E-state index contributed by atoms with van der Waals surface area (Å²) in [6.07, 6.45) is 2.50. The number of nitro groups is 1. The lowest BCUT2D eigenvalue weighted by molar-refractivity contribution is -0.384. The number of nitrogens with zero attached hydrogens (tertiary/aromatic N) is 3. The van der Waals surface area contributed by atoms with Crippen LogP contribution in [0.2, 0.25) is 0 Å². The Labute approximate surface area is 199 Å². The molecule has 0 atom stereocenters. The lowest BCUT2D eigenvalue weighted by Gasteiger charge is -2.06. The van der Waals surface area contributed by atoms with E-state index in [0.717, 1.165) is 28.2 Å². The number of rotatable bonds is 10. The molecule has 3 aromatic rings. The summed E-state index contributed by atoms with van der Waals surface area (Å²) in [6.45, 7) is 1.57. The first-order valence-corrected chi connectivity index (χ1v) is 11.0. The normalized spacial score (nSPS) is 10.8. The number of nitro benzene ring substituents is 1. The molecule has 12 heteroatoms. The van der Waals surface area contributed by atoms with Crippen molar-refractivity contribution in [3.8, 4) is 0 Å². The highest BCUT2D eigenvalue weighted by Crippen LogP contribution is 2.25. The number of aliphatic imine (C=N–C) groups is 1. The first kappa shape index (κ1) is 24.5. The predicted octanol–water partition coefficient (Wildman–Crippen LogP) is 2.85. The third-order valence-corrected chi connectivity index (χ3v) is 5.67. The second kappa shape index (κ2) is 11.6. The van der Waals surface area contributed by atoms with E-state index in [-0.39, 0.29) is 24.0 Å². The zero-order valence-electron chi connectivity index (χ0n) is 18.3. The summed E-state index contributed by atoms with van der Waals surface area (Å²) < 4.78 is 0. The topological polar surface area (TPSA) is 165 Å². The Morgan fingerprint density at radius 1 is 1.12 bits per heavy atom. The fourth-order valence-electron chi connectivity index (χ4n) is 3.02. The van der Waals surface area contributed by atoms with Crippen LogP contribution in [0.1, 0.15) is 33.4 Å². The molecular weight excluding hydrogens is 458 g/mol. The molecular formula is C22H23N7O4S. The summed E-state index contributed by atoms with van der Waals surface area (Å²) >= 11 is 1.10. The van der Waals surface area contributed by atoms with E-state index >= 15 is 0 Å². The fraction of sp³-hybridized carbons (Fsp3) is 0.182. The lowest BCUT2D eigenvalue weighted by atomic mass is 10.1. The fourth-order valence-corrected chi connectivity index (χ4v) is 4.00. The van der Waals surface area contributed by atoms with Gasteiger partial charge in [-0.25, -0.2) is 15.8 Å². The maximum atomic E-state index is 12.9. The van der Waals surface area contributed by atoms with Gasteiger partial charge >= 0.3 is 0 Å². The number of hydrogen-bond donors (Lipinski definition) is 4. The molecule has 0 radical (unpaired) electrons. The van der Waals surface area contributed by atoms with Crippen molar-refractivity contribution in [2.75, 3.05) is 5.32 Å². The van der Waals surface area contributed by atoms with Crippen LogP contribution in [0.5, 0.6) is 0 Å². The molecule has 0 aliphatic rings. The van der Waals surface area contributed by atoms with Crippen molar-refractivity contribution in [2.24, 2.45) is 10.8 Å². The van der Waals surface area contributed by atoms with Crippen LogP contribution in [0.25, 0.3) is 0 Å². The van der Waals surface area contributed by atoms with Gasteiger partial charge in [0.05, 0.1) is 16.3 Å². The maximum Gasteiger partial charge on any atom is 0.269 e. The van der Waals surface area contributed by atoms with Crippen LogP contribution in [-0.2, 0) is 24.2 Å². The van der Waals surface area contributed by atoms with Gasteiger partial charge in [0.2, 0.25) is 5.91 Å². The molecule has 2 aromatic carbocycles. The lowest BCUT2D eigenvalue weighted by Crippen LogP contribution is -2.23. The van der Waals surface area contributed by atoms with Crippen LogP contribution >= 0.6 is 11.3 Å². The molecule has 1 aromatic heterocycles. The Bertz CT molecular complexity index is 1190. The van der Waals surface area contributed by atoms with Gasteiger partial charge in [0, 0.05) is 25.6 Å². The summed E-state index contributed by atoms with van der Waals surface area (Å²) in [5.74, 6) is 4.56. The van der Waals surface area contributed by atoms with Crippen molar-refractivity contribution in [1.82, 2.24) is 15.7 Å². The SMILES string of the molecule is CC(=O)Nc1nc(CCc2ccc(N=CNN)cc2)c(C(=O)NCc2ccc([N+](=O)[O-])cc2)s1. The number of aryl methyl sites for hydroxylation is 2. The molecule has 0 unspecified atom stereocenters. The summed E-state index contributed by atoms with van der Waals surface area (Å²) in [5.41, 5.74) is 5.40. The van der Waals surface area contributed by atoms with Gasteiger partial charge in [-0.05, 0) is 36.1 Å². The van der Waals surface area contributed by atoms with Crippen molar-refractivity contribution in [3.63, 3.8) is 0 Å². The summed E-state index contributed by atoms with van der Waals surface area (Å²) in [6, 6.07) is 13.5. The Morgan fingerprint density at radius 3 is 2.41 bits per heavy atom. The van der Waals surface area contributed by atoms with E-state index < -0.39 is 4.92 Å². The second-order valence-corrected chi connectivity index (χ2v) is 8.17. The van der Waals surface area contributed by atoms with Gasteiger partial charge < -0.3 is 16.1 Å². The number of benzene rings is 2. The number of carbonyl (C=O) groups is 2. The summed E-state index contributed by atoms with van der Waals surface area (Å²) in [4.78, 5) is 43.6. The van der Waals surface area contributed by atoms with E-state index in [1.54, 1.807) is 12.1 Å². The van der Waals surface area contributed by atoms with E-state index in [2.05, 4.69) is 26.0 Å². The van der Waals surface area contributed by atoms with Gasteiger partial charge in [0.25, 0.3) is 11.6 Å². The van der Waals surface area contributed by atoms with Gasteiger partial charge in [-0.3, -0.25) is 19.7 Å². The Kier molecular flexibility index (Phi) is 8.37. The van der Waals surface area contributed by atoms with Crippen molar-refractivity contribution in [2.45, 2.75) is 26.3 Å². The molecule has 34 heavy (non-hydrogen) atoms. The monoisotopic (exact) mass is 481 g/mol. The number of aromatic nitrogens is 1. The predicted molar refractivity (Wildman–Crippen MR) is 130 cm³/mol. The molecule has 3 rings (SSSR count). The molecule has 0 saturated heterocycles. The smallest absolute Gasteiger partial charge is 0.269 e. The molecule has 0 spiro atoms. The molecule has 2 amide bonds. The van der Waals surface area contributed by atoms with Crippen molar-refractivity contribution >= 4 is 46.0 Å².